The van der Waals surface area contributed by atoms with Gasteiger partial charge in [-0.1, -0.05) is 6.07 Å². The van der Waals surface area contributed by atoms with Crippen LogP contribution in [0.5, 0.6) is 5.75 Å². The quantitative estimate of drug-likeness (QED) is 0.292. The molecule has 1 aromatic carbocycles. The number of nitrogens with zero attached hydrogens (tertiary/aromatic N) is 5. The number of aliphatic hydroxyl groups excluding tert-OH is 1. The van der Waals surface area contributed by atoms with Crippen LogP contribution in [-0.4, -0.2) is 82.0 Å². The topological polar surface area (TPSA) is 104 Å². The number of anilines is 1. The molecule has 4 N–H and O–H groups in total. The molecular weight excluding hydrogens is 593 g/mol. The maximum absolute atomic E-state index is 10.4. The van der Waals surface area contributed by atoms with E-state index in [-0.39, 0.29) is 43.3 Å². The van der Waals surface area contributed by atoms with Crippen molar-refractivity contribution >= 4 is 70.0 Å². The van der Waals surface area contributed by atoms with Gasteiger partial charge in [0.25, 0.3) is 0 Å². The number of likely N-dealkylation sites (tertiary alicyclic amines) is 1. The Bertz CT molecular complexity index is 1440. The van der Waals surface area contributed by atoms with Gasteiger partial charge >= 0.3 is 0 Å². The zero-order valence-electron chi connectivity index (χ0n) is 22.8. The van der Waals surface area contributed by atoms with E-state index in [1.165, 1.54) is 11.1 Å². The van der Waals surface area contributed by atoms with Gasteiger partial charge in [0.2, 0.25) is 0 Å². The number of nitrogens with two attached hydrogens (primary N) is 1. The number of β-amino-alcohol motifs (C(OH)–C–C–N with tert-alkyl or cyclic N) is 1. The van der Waals surface area contributed by atoms with E-state index >= 15 is 0 Å². The molecule has 0 aliphatic carbocycles. The predicted octanol–water partition coefficient (Wildman–Crippen LogP) is 4.14. The molecule has 0 saturated carbocycles. The molecular formula is C27H38Cl3N7O2S. The molecule has 0 amide bonds. The van der Waals surface area contributed by atoms with Gasteiger partial charge in [0, 0.05) is 61.8 Å². The summed E-state index contributed by atoms with van der Waals surface area (Å²) in [5.41, 5.74) is 12.1. The number of benzene rings is 1. The highest BCUT2D eigenvalue weighted by molar-refractivity contribution is 7.22. The van der Waals surface area contributed by atoms with Crippen molar-refractivity contribution in [2.75, 3.05) is 52.1 Å². The first-order chi connectivity index (χ1) is 18.0. The van der Waals surface area contributed by atoms with E-state index in [4.69, 9.17) is 15.6 Å². The molecule has 1 unspecified atom stereocenters. The molecule has 2 fully saturated rings. The molecule has 5 heterocycles. The Hall–Kier alpha value is -1.89. The number of thiophene rings is 1. The van der Waals surface area contributed by atoms with Crippen molar-refractivity contribution in [3.05, 3.63) is 41.3 Å². The maximum atomic E-state index is 10.4. The van der Waals surface area contributed by atoms with Gasteiger partial charge < -0.3 is 20.9 Å². The molecule has 220 valence electrons. The molecule has 4 aromatic rings. The zero-order valence-corrected chi connectivity index (χ0v) is 26.0. The lowest BCUT2D eigenvalue weighted by Crippen LogP contribution is -2.43. The predicted molar refractivity (Wildman–Crippen MR) is 170 cm³/mol. The van der Waals surface area contributed by atoms with Crippen LogP contribution in [0.4, 0.5) is 5.82 Å². The number of nitrogen functional groups attached to an aromatic ring is 1. The van der Waals surface area contributed by atoms with Crippen LogP contribution in [0.3, 0.4) is 0 Å². The third-order valence-corrected chi connectivity index (χ3v) is 8.78. The summed E-state index contributed by atoms with van der Waals surface area (Å²) < 4.78 is 8.89. The number of nitrogens with one attached hydrogen (secondary N) is 1. The third kappa shape index (κ3) is 6.29. The second kappa shape index (κ2) is 13.8. The number of aryl methyl sites for hydroxylation is 1. The monoisotopic (exact) mass is 629 g/mol. The Kier molecular flexibility index (Phi) is 11.3. The summed E-state index contributed by atoms with van der Waals surface area (Å²) in [7, 11) is 1.73. The Labute approximate surface area is 257 Å². The Morgan fingerprint density at radius 3 is 2.60 bits per heavy atom. The lowest BCUT2D eigenvalue weighted by molar-refractivity contribution is 0.0666. The van der Waals surface area contributed by atoms with E-state index in [0.717, 1.165) is 96.1 Å². The average Bonchev–Trinajstić information content (AvgIpc) is 3.44. The van der Waals surface area contributed by atoms with Gasteiger partial charge in [-0.25, -0.2) is 9.50 Å². The minimum atomic E-state index is -0.285. The highest BCUT2D eigenvalue weighted by atomic mass is 35.5. The number of fused-ring (bicyclic) bond motifs is 2. The fourth-order valence-electron chi connectivity index (χ4n) is 5.84. The molecule has 2 saturated heterocycles. The van der Waals surface area contributed by atoms with E-state index in [1.54, 1.807) is 24.8 Å². The van der Waals surface area contributed by atoms with Gasteiger partial charge in [0.15, 0.2) is 5.82 Å². The Morgan fingerprint density at radius 1 is 1.10 bits per heavy atom. The minimum absolute atomic E-state index is 0. The molecule has 0 bridgehead atoms. The summed E-state index contributed by atoms with van der Waals surface area (Å²) in [5.74, 6) is 1.37. The van der Waals surface area contributed by atoms with Crippen molar-refractivity contribution in [2.45, 2.75) is 39.0 Å². The van der Waals surface area contributed by atoms with E-state index in [2.05, 4.69) is 45.2 Å². The van der Waals surface area contributed by atoms with Crippen LogP contribution in [0.25, 0.3) is 26.0 Å². The Balaban J connectivity index is 0.00000147. The van der Waals surface area contributed by atoms with Crippen LogP contribution < -0.4 is 15.8 Å². The van der Waals surface area contributed by atoms with E-state index in [9.17, 15) is 5.11 Å². The fourth-order valence-corrected chi connectivity index (χ4v) is 7.04. The number of piperazine rings is 1. The van der Waals surface area contributed by atoms with Gasteiger partial charge in [-0.15, -0.1) is 48.6 Å². The number of ether oxygens (including phenoxy) is 1. The van der Waals surface area contributed by atoms with Crippen LogP contribution in [0.2, 0.25) is 0 Å². The number of hydrogen-bond donors (Lipinski definition) is 3. The summed E-state index contributed by atoms with van der Waals surface area (Å²) in [6.45, 7) is 9.22. The molecule has 13 heteroatoms. The number of halogens is 3. The Morgan fingerprint density at radius 2 is 1.88 bits per heavy atom. The number of rotatable bonds is 6. The first-order valence-corrected chi connectivity index (χ1v) is 13.9. The van der Waals surface area contributed by atoms with Crippen molar-refractivity contribution in [3.63, 3.8) is 0 Å². The largest absolute Gasteiger partial charge is 0.495 e. The molecule has 2 aliphatic heterocycles. The van der Waals surface area contributed by atoms with Gasteiger partial charge in [-0.2, -0.15) is 5.10 Å². The SMILES string of the molecule is COc1cc(C)cc2cc(-c3c(CN4CCCC(O)C4)c(CN4CCNCC4)n4ncnc(N)c34)sc12.Cl.Cl.Cl. The highest BCUT2D eigenvalue weighted by Gasteiger charge is 2.28. The van der Waals surface area contributed by atoms with Gasteiger partial charge in [0.1, 0.15) is 17.6 Å². The van der Waals surface area contributed by atoms with Crippen molar-refractivity contribution in [1.29, 1.82) is 0 Å². The van der Waals surface area contributed by atoms with Crippen molar-refractivity contribution in [1.82, 2.24) is 29.7 Å². The first kappa shape index (κ1) is 32.6. The number of methoxy groups -OCH3 is 1. The van der Waals surface area contributed by atoms with E-state index in [0.29, 0.717) is 12.4 Å². The maximum Gasteiger partial charge on any atom is 0.152 e. The van der Waals surface area contributed by atoms with Crippen LogP contribution in [0.15, 0.2) is 24.5 Å². The molecule has 0 radical (unpaired) electrons. The number of aromatic nitrogens is 3. The summed E-state index contributed by atoms with van der Waals surface area (Å²) >= 11 is 1.73. The molecule has 2 aliphatic rings. The summed E-state index contributed by atoms with van der Waals surface area (Å²) in [5, 5.41) is 19.8. The van der Waals surface area contributed by atoms with Gasteiger partial charge in [0.05, 0.1) is 23.6 Å². The minimum Gasteiger partial charge on any atom is -0.495 e. The smallest absolute Gasteiger partial charge is 0.152 e. The summed E-state index contributed by atoms with van der Waals surface area (Å²) in [6, 6.07) is 6.54. The molecule has 0 spiro atoms. The molecule has 40 heavy (non-hydrogen) atoms. The van der Waals surface area contributed by atoms with Crippen LogP contribution in [0, 0.1) is 6.92 Å². The number of hydrogen-bond acceptors (Lipinski definition) is 9. The van der Waals surface area contributed by atoms with Crippen molar-refractivity contribution in [3.8, 4) is 16.2 Å². The molecule has 3 aromatic heterocycles. The van der Waals surface area contributed by atoms with Crippen LogP contribution in [0.1, 0.15) is 29.7 Å². The van der Waals surface area contributed by atoms with E-state index in [1.807, 2.05) is 4.52 Å². The second-order valence-corrected chi connectivity index (χ2v) is 11.3. The number of piperidine rings is 1. The van der Waals surface area contributed by atoms with Crippen LogP contribution in [-0.2, 0) is 13.1 Å². The molecule has 9 nitrogen and oxygen atoms in total. The average molecular weight is 631 g/mol. The van der Waals surface area contributed by atoms with Gasteiger partial charge in [-0.05, 0) is 49.4 Å². The number of aliphatic hydroxyl groups is 1. The summed E-state index contributed by atoms with van der Waals surface area (Å²) in [4.78, 5) is 10.4. The van der Waals surface area contributed by atoms with Crippen molar-refractivity contribution < 1.29 is 9.84 Å². The van der Waals surface area contributed by atoms with Crippen molar-refractivity contribution in [2.24, 2.45) is 0 Å². The standard InChI is InChI=1S/C27H35N7O2S.3ClH/c1-17-10-18-12-23(37-26(18)22(11-17)36-2)24-20(14-33-7-3-4-19(35)13-33)21(15-32-8-5-29-6-9-32)34-25(24)27(28)30-16-31-34;;;/h10-12,16,19,29,35H,3-9,13-15H2,1-2H3,(H2,28,30,31);3*1H. The van der Waals surface area contributed by atoms with Gasteiger partial charge in [-0.3, -0.25) is 9.80 Å². The first-order valence-electron chi connectivity index (χ1n) is 13.1. The van der Waals surface area contributed by atoms with E-state index < -0.39 is 0 Å². The lowest BCUT2D eigenvalue weighted by atomic mass is 10.0. The molecule has 6 rings (SSSR count). The zero-order chi connectivity index (χ0) is 25.5. The fraction of sp³-hybridized carbons (Fsp3) is 0.481. The normalized spacial score (nSPS) is 18.2. The summed E-state index contributed by atoms with van der Waals surface area (Å²) in [6.07, 6.45) is 3.13. The van der Waals surface area contributed by atoms with Crippen LogP contribution >= 0.6 is 48.6 Å². The molecule has 1 atom stereocenters. The third-order valence-electron chi connectivity index (χ3n) is 7.60. The highest BCUT2D eigenvalue weighted by Crippen LogP contribution is 2.44. The lowest BCUT2D eigenvalue weighted by Gasteiger charge is -2.31. The second-order valence-electron chi connectivity index (χ2n) is 10.3.